The van der Waals surface area contributed by atoms with Gasteiger partial charge >= 0.3 is 0 Å². The minimum absolute atomic E-state index is 0.770. The Hall–Kier alpha value is -1.52. The van der Waals surface area contributed by atoms with Gasteiger partial charge in [-0.25, -0.2) is 4.98 Å². The van der Waals surface area contributed by atoms with Crippen molar-refractivity contribution >= 4 is 11.0 Å². The summed E-state index contributed by atoms with van der Waals surface area (Å²) in [7, 11) is 4.13. The van der Waals surface area contributed by atoms with E-state index in [1.807, 2.05) is 30.5 Å². The molecule has 0 radical (unpaired) electrons. The molecule has 4 nitrogen and oxygen atoms in total. The first-order valence-corrected chi connectivity index (χ1v) is 5.82. The number of benzene rings is 1. The highest BCUT2D eigenvalue weighted by Gasteiger charge is 1.98. The van der Waals surface area contributed by atoms with Crippen molar-refractivity contribution in [3.63, 3.8) is 0 Å². The van der Waals surface area contributed by atoms with E-state index in [1.54, 1.807) is 0 Å². The monoisotopic (exact) mass is 230 g/mol. The van der Waals surface area contributed by atoms with Crippen molar-refractivity contribution in [1.82, 2.24) is 20.2 Å². The Bertz CT molecular complexity index is 482. The Morgan fingerprint density at radius 1 is 1.18 bits per heavy atom. The topological polar surface area (TPSA) is 41.0 Å². The van der Waals surface area contributed by atoms with Crippen molar-refractivity contribution in [3.8, 4) is 0 Å². The second-order valence-corrected chi connectivity index (χ2v) is 4.33. The van der Waals surface area contributed by atoms with Crippen LogP contribution >= 0.6 is 0 Å². The maximum Gasteiger partial charge on any atom is 0.0890 e. The van der Waals surface area contributed by atoms with Gasteiger partial charge in [-0.1, -0.05) is 12.1 Å². The Morgan fingerprint density at radius 2 is 1.94 bits per heavy atom. The molecule has 0 aliphatic rings. The molecule has 0 aliphatic heterocycles. The predicted octanol–water partition coefficient (Wildman–Crippen LogP) is 1.28. The third-order valence-electron chi connectivity index (χ3n) is 2.54. The molecular weight excluding hydrogens is 212 g/mol. The summed E-state index contributed by atoms with van der Waals surface area (Å²) in [6.07, 6.45) is 1.84. The third kappa shape index (κ3) is 3.47. The van der Waals surface area contributed by atoms with E-state index in [-0.39, 0.29) is 0 Å². The van der Waals surface area contributed by atoms with Crippen molar-refractivity contribution in [1.29, 1.82) is 0 Å². The van der Waals surface area contributed by atoms with E-state index in [0.29, 0.717) is 0 Å². The van der Waals surface area contributed by atoms with Crippen LogP contribution in [0.2, 0.25) is 0 Å². The lowest BCUT2D eigenvalue weighted by atomic mass is 10.3. The Kier molecular flexibility index (Phi) is 4.01. The van der Waals surface area contributed by atoms with Gasteiger partial charge in [0.05, 0.1) is 22.9 Å². The molecule has 0 bridgehead atoms. The maximum absolute atomic E-state index is 4.55. The zero-order chi connectivity index (χ0) is 12.1. The van der Waals surface area contributed by atoms with Crippen LogP contribution < -0.4 is 5.32 Å². The fourth-order valence-electron chi connectivity index (χ4n) is 1.60. The molecule has 17 heavy (non-hydrogen) atoms. The van der Waals surface area contributed by atoms with Crippen LogP contribution in [0.1, 0.15) is 5.69 Å². The van der Waals surface area contributed by atoms with Crippen molar-refractivity contribution in [3.05, 3.63) is 36.2 Å². The summed E-state index contributed by atoms with van der Waals surface area (Å²) in [6.45, 7) is 2.76. The Morgan fingerprint density at radius 3 is 2.71 bits per heavy atom. The van der Waals surface area contributed by atoms with E-state index in [4.69, 9.17) is 0 Å². The Labute approximate surface area is 102 Å². The second kappa shape index (κ2) is 5.70. The number of fused-ring (bicyclic) bond motifs is 1. The van der Waals surface area contributed by atoms with Crippen LogP contribution in [0.4, 0.5) is 0 Å². The summed E-state index contributed by atoms with van der Waals surface area (Å²) in [5, 5.41) is 3.35. The second-order valence-electron chi connectivity index (χ2n) is 4.33. The summed E-state index contributed by atoms with van der Waals surface area (Å²) >= 11 is 0. The van der Waals surface area contributed by atoms with Gasteiger partial charge < -0.3 is 10.2 Å². The van der Waals surface area contributed by atoms with Crippen molar-refractivity contribution in [2.24, 2.45) is 0 Å². The number of hydrogen-bond acceptors (Lipinski definition) is 4. The fourth-order valence-corrected chi connectivity index (χ4v) is 1.60. The number of nitrogens with zero attached hydrogens (tertiary/aromatic N) is 3. The molecule has 0 saturated heterocycles. The predicted molar refractivity (Wildman–Crippen MR) is 69.8 cm³/mol. The molecule has 0 fully saturated rings. The van der Waals surface area contributed by atoms with Gasteiger partial charge in [0, 0.05) is 19.6 Å². The summed E-state index contributed by atoms with van der Waals surface area (Å²) in [5.74, 6) is 0. The lowest BCUT2D eigenvalue weighted by molar-refractivity contribution is 0.399. The molecule has 0 saturated carbocycles. The van der Waals surface area contributed by atoms with Crippen molar-refractivity contribution in [2.75, 3.05) is 27.2 Å². The number of likely N-dealkylation sites (N-methyl/N-ethyl adjacent to an activating group) is 1. The normalized spacial score (nSPS) is 11.2. The minimum atomic E-state index is 0.770. The van der Waals surface area contributed by atoms with Gasteiger partial charge in [-0.15, -0.1) is 0 Å². The molecule has 1 N–H and O–H groups in total. The van der Waals surface area contributed by atoms with Gasteiger partial charge in [0.25, 0.3) is 0 Å². The summed E-state index contributed by atoms with van der Waals surface area (Å²) in [5.41, 5.74) is 2.89. The van der Waals surface area contributed by atoms with Crippen LogP contribution in [0.15, 0.2) is 30.5 Å². The number of rotatable bonds is 5. The first-order chi connectivity index (χ1) is 8.25. The molecule has 0 spiro atoms. The first kappa shape index (κ1) is 12.0. The number of para-hydroxylation sites is 2. The highest BCUT2D eigenvalue weighted by molar-refractivity contribution is 5.73. The van der Waals surface area contributed by atoms with Crippen LogP contribution in [-0.2, 0) is 6.54 Å². The molecule has 0 amide bonds. The zero-order valence-electron chi connectivity index (χ0n) is 10.3. The van der Waals surface area contributed by atoms with Crippen molar-refractivity contribution in [2.45, 2.75) is 6.54 Å². The quantitative estimate of drug-likeness (QED) is 0.786. The zero-order valence-corrected chi connectivity index (χ0v) is 10.3. The average Bonchev–Trinajstić information content (AvgIpc) is 2.34. The number of nitrogens with one attached hydrogen (secondary N) is 1. The molecule has 1 aromatic heterocycles. The SMILES string of the molecule is CN(C)CCNCc1cnc2ccccc2n1. The Balaban J connectivity index is 1.95. The molecule has 0 unspecified atom stereocenters. The third-order valence-corrected chi connectivity index (χ3v) is 2.54. The van der Waals surface area contributed by atoms with Crippen LogP contribution in [0.3, 0.4) is 0 Å². The largest absolute Gasteiger partial charge is 0.310 e. The van der Waals surface area contributed by atoms with Gasteiger partial charge in [-0.2, -0.15) is 0 Å². The summed E-state index contributed by atoms with van der Waals surface area (Å²) in [4.78, 5) is 11.1. The molecule has 1 heterocycles. The molecule has 0 aliphatic carbocycles. The van der Waals surface area contributed by atoms with Gasteiger partial charge in [0.2, 0.25) is 0 Å². The van der Waals surface area contributed by atoms with Crippen LogP contribution in [0.25, 0.3) is 11.0 Å². The minimum Gasteiger partial charge on any atom is -0.310 e. The van der Waals surface area contributed by atoms with E-state index in [2.05, 4.69) is 34.3 Å². The van der Waals surface area contributed by atoms with E-state index < -0.39 is 0 Å². The maximum atomic E-state index is 4.55. The number of aromatic nitrogens is 2. The number of hydrogen-bond donors (Lipinski definition) is 1. The molecular formula is C13H18N4. The summed E-state index contributed by atoms with van der Waals surface area (Å²) in [6, 6.07) is 7.93. The standard InChI is InChI=1S/C13H18N4/c1-17(2)8-7-14-9-11-10-15-12-5-3-4-6-13(12)16-11/h3-6,10,14H,7-9H2,1-2H3. The molecule has 2 aromatic rings. The van der Waals surface area contributed by atoms with Crippen LogP contribution in [-0.4, -0.2) is 42.1 Å². The van der Waals surface area contributed by atoms with E-state index in [9.17, 15) is 0 Å². The van der Waals surface area contributed by atoms with Crippen molar-refractivity contribution < 1.29 is 0 Å². The molecule has 90 valence electrons. The molecule has 0 atom stereocenters. The van der Waals surface area contributed by atoms with Gasteiger partial charge in [0.15, 0.2) is 0 Å². The van der Waals surface area contributed by atoms with E-state index in [1.165, 1.54) is 0 Å². The van der Waals surface area contributed by atoms with Gasteiger partial charge in [0.1, 0.15) is 0 Å². The molecule has 2 rings (SSSR count). The smallest absolute Gasteiger partial charge is 0.0890 e. The van der Waals surface area contributed by atoms with Gasteiger partial charge in [-0.3, -0.25) is 4.98 Å². The summed E-state index contributed by atoms with van der Waals surface area (Å²) < 4.78 is 0. The fraction of sp³-hybridized carbons (Fsp3) is 0.385. The van der Waals surface area contributed by atoms with E-state index in [0.717, 1.165) is 36.4 Å². The average molecular weight is 230 g/mol. The van der Waals surface area contributed by atoms with E-state index >= 15 is 0 Å². The lowest BCUT2D eigenvalue weighted by Gasteiger charge is -2.10. The first-order valence-electron chi connectivity index (χ1n) is 5.82. The lowest BCUT2D eigenvalue weighted by Crippen LogP contribution is -2.26. The van der Waals surface area contributed by atoms with Gasteiger partial charge in [-0.05, 0) is 26.2 Å². The highest BCUT2D eigenvalue weighted by atomic mass is 15.1. The molecule has 4 heteroatoms. The van der Waals surface area contributed by atoms with Crippen LogP contribution in [0.5, 0.6) is 0 Å². The van der Waals surface area contributed by atoms with Crippen LogP contribution in [0, 0.1) is 0 Å². The highest BCUT2D eigenvalue weighted by Crippen LogP contribution is 2.07. The molecule has 1 aromatic carbocycles.